The molecule has 1 saturated heterocycles. The number of hydrogen-bond donors (Lipinski definition) is 0. The third-order valence-corrected chi connectivity index (χ3v) is 4.84. The van der Waals surface area contributed by atoms with Crippen LogP contribution >= 0.6 is 38.5 Å². The Balaban J connectivity index is 2.21. The van der Waals surface area contributed by atoms with Crippen molar-refractivity contribution < 1.29 is 9.18 Å². The van der Waals surface area contributed by atoms with Crippen LogP contribution in [0.3, 0.4) is 0 Å². The number of hydrogen-bond acceptors (Lipinski definition) is 1. The van der Waals surface area contributed by atoms with Crippen molar-refractivity contribution in [1.29, 1.82) is 0 Å². The fourth-order valence-corrected chi connectivity index (χ4v) is 3.75. The molecule has 0 aromatic heterocycles. The lowest BCUT2D eigenvalue weighted by Gasteiger charge is -2.36. The van der Waals surface area contributed by atoms with E-state index in [2.05, 4.69) is 15.9 Å². The molecule has 0 bridgehead atoms. The Bertz CT molecular complexity index is 467. The number of alkyl halides is 1. The van der Waals surface area contributed by atoms with E-state index in [1.54, 1.807) is 6.07 Å². The molecule has 1 heterocycles. The van der Waals surface area contributed by atoms with Crippen LogP contribution < -0.4 is 0 Å². The van der Waals surface area contributed by atoms with E-state index in [0.29, 0.717) is 15.2 Å². The number of carbonyl (C=O) groups is 1. The normalized spacial score (nSPS) is 19.5. The molecular weight excluding hydrogens is 424 g/mol. The van der Waals surface area contributed by atoms with E-state index in [4.69, 9.17) is 0 Å². The molecule has 0 spiro atoms. The van der Waals surface area contributed by atoms with Crippen LogP contribution in [0.2, 0.25) is 0 Å². The Morgan fingerprint density at radius 3 is 2.95 bits per heavy atom. The van der Waals surface area contributed by atoms with Gasteiger partial charge in [-0.2, -0.15) is 0 Å². The second-order valence-corrected chi connectivity index (χ2v) is 6.71. The van der Waals surface area contributed by atoms with Crippen molar-refractivity contribution in [2.45, 2.75) is 31.7 Å². The molecule has 1 atom stereocenters. The minimum atomic E-state index is -0.295. The first-order valence-corrected chi connectivity index (χ1v) is 8.65. The number of piperidine rings is 1. The Hall–Kier alpha value is -0.170. The first-order valence-electron chi connectivity index (χ1n) is 6.45. The fraction of sp³-hybridized carbons (Fsp3) is 0.500. The molecule has 104 valence electrons. The average Bonchev–Trinajstić information content (AvgIpc) is 2.39. The van der Waals surface area contributed by atoms with E-state index >= 15 is 0 Å². The maximum Gasteiger partial charge on any atom is 0.255 e. The van der Waals surface area contributed by atoms with Gasteiger partial charge in [0.2, 0.25) is 0 Å². The van der Waals surface area contributed by atoms with Crippen LogP contribution in [0, 0.1) is 9.39 Å². The number of likely N-dealkylation sites (tertiary alicyclic amines) is 1. The van der Waals surface area contributed by atoms with Crippen molar-refractivity contribution in [1.82, 2.24) is 4.90 Å². The summed E-state index contributed by atoms with van der Waals surface area (Å²) in [6.45, 7) is 0.809. The molecule has 2 nitrogen and oxygen atoms in total. The summed E-state index contributed by atoms with van der Waals surface area (Å²) in [7, 11) is 0. The van der Waals surface area contributed by atoms with Crippen LogP contribution in [-0.2, 0) is 0 Å². The predicted octanol–water partition coefficient (Wildman–Crippen LogP) is 4.21. The van der Waals surface area contributed by atoms with Crippen molar-refractivity contribution in [3.05, 3.63) is 33.1 Å². The molecule has 1 aliphatic rings. The van der Waals surface area contributed by atoms with Gasteiger partial charge in [0.15, 0.2) is 0 Å². The highest BCUT2D eigenvalue weighted by molar-refractivity contribution is 14.1. The molecule has 0 saturated carbocycles. The fourth-order valence-electron chi connectivity index (χ4n) is 2.51. The van der Waals surface area contributed by atoms with E-state index in [1.807, 2.05) is 27.5 Å². The third-order valence-electron chi connectivity index (χ3n) is 3.49. The second-order valence-electron chi connectivity index (χ2n) is 4.75. The number of rotatable bonds is 3. The topological polar surface area (TPSA) is 20.3 Å². The minimum Gasteiger partial charge on any atom is -0.336 e. The Kier molecular flexibility index (Phi) is 5.62. The van der Waals surface area contributed by atoms with E-state index in [9.17, 15) is 9.18 Å². The van der Waals surface area contributed by atoms with Crippen molar-refractivity contribution >= 4 is 44.4 Å². The number of nitrogens with zero attached hydrogens (tertiary/aromatic N) is 1. The van der Waals surface area contributed by atoms with Crippen LogP contribution in [0.5, 0.6) is 0 Å². The van der Waals surface area contributed by atoms with Crippen LogP contribution in [-0.4, -0.2) is 28.7 Å². The summed E-state index contributed by atoms with van der Waals surface area (Å²) < 4.78 is 13.8. The molecule has 2 rings (SSSR count). The molecule has 1 aliphatic heterocycles. The minimum absolute atomic E-state index is 0.0371. The Morgan fingerprint density at radius 1 is 1.47 bits per heavy atom. The lowest BCUT2D eigenvalue weighted by atomic mass is 9.99. The van der Waals surface area contributed by atoms with Gasteiger partial charge in [-0.3, -0.25) is 4.79 Å². The molecule has 0 N–H and O–H groups in total. The largest absolute Gasteiger partial charge is 0.336 e. The van der Waals surface area contributed by atoms with Crippen LogP contribution in [0.4, 0.5) is 4.39 Å². The van der Waals surface area contributed by atoms with Gasteiger partial charge in [0.1, 0.15) is 5.82 Å². The maximum absolute atomic E-state index is 13.1. The SMILES string of the molecule is O=C(c1ccc(F)cc1I)N1CCCCC1CCBr. The smallest absolute Gasteiger partial charge is 0.255 e. The lowest BCUT2D eigenvalue weighted by Crippen LogP contribution is -2.44. The van der Waals surface area contributed by atoms with Gasteiger partial charge in [0.05, 0.1) is 5.56 Å². The first kappa shape index (κ1) is 15.2. The number of benzene rings is 1. The summed E-state index contributed by atoms with van der Waals surface area (Å²) in [6, 6.07) is 4.68. The lowest BCUT2D eigenvalue weighted by molar-refractivity contribution is 0.0609. The predicted molar refractivity (Wildman–Crippen MR) is 86.2 cm³/mol. The van der Waals surface area contributed by atoms with Gasteiger partial charge in [-0.05, 0) is 66.5 Å². The molecule has 1 aromatic carbocycles. The molecule has 5 heteroatoms. The van der Waals surface area contributed by atoms with E-state index in [0.717, 1.165) is 31.1 Å². The van der Waals surface area contributed by atoms with Crippen molar-refractivity contribution in [3.8, 4) is 0 Å². The molecule has 1 fully saturated rings. The van der Waals surface area contributed by atoms with Crippen LogP contribution in [0.15, 0.2) is 18.2 Å². The quantitative estimate of drug-likeness (QED) is 0.510. The molecule has 0 radical (unpaired) electrons. The van der Waals surface area contributed by atoms with Crippen molar-refractivity contribution in [2.24, 2.45) is 0 Å². The van der Waals surface area contributed by atoms with Gasteiger partial charge in [-0.25, -0.2) is 4.39 Å². The van der Waals surface area contributed by atoms with Gasteiger partial charge in [0.25, 0.3) is 5.91 Å². The zero-order valence-corrected chi connectivity index (χ0v) is 14.3. The average molecular weight is 440 g/mol. The van der Waals surface area contributed by atoms with Crippen molar-refractivity contribution in [3.63, 3.8) is 0 Å². The third kappa shape index (κ3) is 3.68. The van der Waals surface area contributed by atoms with E-state index < -0.39 is 0 Å². The summed E-state index contributed by atoms with van der Waals surface area (Å²) in [6.07, 6.45) is 4.28. The van der Waals surface area contributed by atoms with Gasteiger partial charge in [-0.15, -0.1) is 0 Å². The summed E-state index contributed by atoms with van der Waals surface area (Å²) in [5, 5.41) is 0.905. The molecular formula is C14H16BrFINO. The van der Waals surface area contributed by atoms with E-state index in [-0.39, 0.29) is 11.7 Å². The molecule has 1 unspecified atom stereocenters. The second kappa shape index (κ2) is 7.02. The highest BCUT2D eigenvalue weighted by atomic mass is 127. The van der Waals surface area contributed by atoms with Gasteiger partial charge in [0, 0.05) is 21.5 Å². The summed E-state index contributed by atoms with van der Waals surface area (Å²) in [5.74, 6) is -0.258. The zero-order chi connectivity index (χ0) is 13.8. The van der Waals surface area contributed by atoms with Gasteiger partial charge >= 0.3 is 0 Å². The molecule has 0 aliphatic carbocycles. The standard InChI is InChI=1S/C14H16BrFINO/c15-7-6-11-3-1-2-8-18(11)14(19)12-5-4-10(16)9-13(12)17/h4-5,9,11H,1-3,6-8H2. The van der Waals surface area contributed by atoms with Gasteiger partial charge in [-0.1, -0.05) is 15.9 Å². The number of halogens is 3. The summed E-state index contributed by atoms with van der Waals surface area (Å²) in [5.41, 5.74) is 0.614. The summed E-state index contributed by atoms with van der Waals surface area (Å²) in [4.78, 5) is 14.6. The number of amides is 1. The summed E-state index contributed by atoms with van der Waals surface area (Å²) >= 11 is 5.48. The monoisotopic (exact) mass is 439 g/mol. The maximum atomic E-state index is 13.1. The highest BCUT2D eigenvalue weighted by Gasteiger charge is 2.27. The van der Waals surface area contributed by atoms with Crippen LogP contribution in [0.1, 0.15) is 36.0 Å². The number of carbonyl (C=O) groups excluding carboxylic acids is 1. The molecule has 19 heavy (non-hydrogen) atoms. The highest BCUT2D eigenvalue weighted by Crippen LogP contribution is 2.24. The molecule has 1 aromatic rings. The zero-order valence-electron chi connectivity index (χ0n) is 10.5. The van der Waals surface area contributed by atoms with Gasteiger partial charge < -0.3 is 4.90 Å². The molecule has 1 amide bonds. The van der Waals surface area contributed by atoms with Crippen molar-refractivity contribution in [2.75, 3.05) is 11.9 Å². The Labute approximate surface area is 135 Å². The van der Waals surface area contributed by atoms with Crippen LogP contribution in [0.25, 0.3) is 0 Å². The van der Waals surface area contributed by atoms with E-state index in [1.165, 1.54) is 18.6 Å². The Morgan fingerprint density at radius 2 is 2.26 bits per heavy atom. The first-order chi connectivity index (χ1) is 9.13.